The van der Waals surface area contributed by atoms with Gasteiger partial charge >= 0.3 is 0 Å². The molecule has 1 aliphatic heterocycles. The number of rotatable bonds is 9. The highest BCUT2D eigenvalue weighted by Crippen LogP contribution is 2.33. The molecule has 2 aromatic carbocycles. The maximum Gasteiger partial charge on any atom is 0.253 e. The zero-order chi connectivity index (χ0) is 24.8. The molecule has 3 aromatic rings. The van der Waals surface area contributed by atoms with Crippen molar-refractivity contribution >= 4 is 34.5 Å². The van der Waals surface area contributed by atoms with Crippen LogP contribution in [-0.2, 0) is 6.54 Å². The van der Waals surface area contributed by atoms with Gasteiger partial charge in [0.1, 0.15) is 0 Å². The Kier molecular flexibility index (Phi) is 8.21. The van der Waals surface area contributed by atoms with E-state index in [1.807, 2.05) is 61.2 Å². The Labute approximate surface area is 212 Å². The van der Waals surface area contributed by atoms with Crippen molar-refractivity contribution in [2.75, 3.05) is 31.1 Å². The Morgan fingerprint density at radius 1 is 0.971 bits per heavy atom. The molecule has 0 aliphatic carbocycles. The van der Waals surface area contributed by atoms with E-state index in [9.17, 15) is 9.59 Å². The molecule has 0 bridgehead atoms. The lowest BCUT2D eigenvalue weighted by molar-refractivity contribution is 0.0772. The van der Waals surface area contributed by atoms with Crippen molar-refractivity contribution in [2.45, 2.75) is 39.3 Å². The number of thiophene rings is 1. The first-order valence-electron chi connectivity index (χ1n) is 12.3. The Morgan fingerprint density at radius 2 is 1.69 bits per heavy atom. The first-order chi connectivity index (χ1) is 17.0. The average molecular weight is 491 g/mol. The van der Waals surface area contributed by atoms with Gasteiger partial charge in [-0.2, -0.15) is 11.3 Å². The maximum absolute atomic E-state index is 12.8. The maximum atomic E-state index is 12.8. The van der Waals surface area contributed by atoms with Gasteiger partial charge in [-0.05, 0) is 91.5 Å². The number of carbonyl (C=O) groups excluding carboxylic acids is 2. The van der Waals surface area contributed by atoms with Crippen LogP contribution >= 0.6 is 11.3 Å². The fraction of sp³-hybridized carbons (Fsp3) is 0.357. The quantitative estimate of drug-likeness (QED) is 0.451. The van der Waals surface area contributed by atoms with E-state index < -0.39 is 5.91 Å². The highest BCUT2D eigenvalue weighted by molar-refractivity contribution is 7.07. The zero-order valence-corrected chi connectivity index (χ0v) is 21.3. The lowest BCUT2D eigenvalue weighted by atomic mass is 10.00. The molecule has 2 amide bonds. The molecule has 4 rings (SSSR count). The van der Waals surface area contributed by atoms with Crippen molar-refractivity contribution in [1.82, 2.24) is 9.80 Å². The molecule has 7 heteroatoms. The van der Waals surface area contributed by atoms with Gasteiger partial charge in [0.2, 0.25) is 5.91 Å². The average Bonchev–Trinajstić information content (AvgIpc) is 3.39. The Bertz CT molecular complexity index is 1120. The van der Waals surface area contributed by atoms with Crippen molar-refractivity contribution < 1.29 is 9.59 Å². The van der Waals surface area contributed by atoms with E-state index in [0.29, 0.717) is 24.2 Å². The molecular weight excluding hydrogens is 456 g/mol. The third-order valence-corrected chi connectivity index (χ3v) is 7.49. The van der Waals surface area contributed by atoms with Crippen LogP contribution in [0.2, 0.25) is 0 Å². The van der Waals surface area contributed by atoms with Gasteiger partial charge in [0, 0.05) is 61.3 Å². The van der Waals surface area contributed by atoms with Crippen LogP contribution < -0.4 is 10.6 Å². The van der Waals surface area contributed by atoms with E-state index in [0.717, 1.165) is 43.9 Å². The largest absolute Gasteiger partial charge is 0.366 e. The highest BCUT2D eigenvalue weighted by Gasteiger charge is 2.27. The predicted molar refractivity (Wildman–Crippen MR) is 143 cm³/mol. The van der Waals surface area contributed by atoms with Crippen LogP contribution in [0.4, 0.5) is 11.4 Å². The number of piperidine rings is 1. The number of primary amides is 1. The SMILES string of the molecule is CCN(CC)C(=O)c1ccc(N(c2cccc(C(N)=O)c2)C2CCN(Cc3ccsc3)CC2)cc1. The summed E-state index contributed by atoms with van der Waals surface area (Å²) in [5, 5.41) is 4.35. The number of nitrogens with zero attached hydrogens (tertiary/aromatic N) is 3. The number of hydrogen-bond acceptors (Lipinski definition) is 5. The van der Waals surface area contributed by atoms with E-state index in [4.69, 9.17) is 5.73 Å². The molecule has 2 N–H and O–H groups in total. The zero-order valence-electron chi connectivity index (χ0n) is 20.5. The van der Waals surface area contributed by atoms with Crippen molar-refractivity contribution in [1.29, 1.82) is 0 Å². The molecule has 6 nitrogen and oxygen atoms in total. The van der Waals surface area contributed by atoms with Crippen LogP contribution in [0, 0.1) is 0 Å². The summed E-state index contributed by atoms with van der Waals surface area (Å²) in [6.07, 6.45) is 2.01. The van der Waals surface area contributed by atoms with Crippen molar-refractivity contribution in [3.63, 3.8) is 0 Å². The molecular formula is C28H34N4O2S. The lowest BCUT2D eigenvalue weighted by Gasteiger charge is -2.40. The van der Waals surface area contributed by atoms with Gasteiger partial charge < -0.3 is 15.5 Å². The van der Waals surface area contributed by atoms with Gasteiger partial charge in [0.15, 0.2) is 0 Å². The Morgan fingerprint density at radius 3 is 2.29 bits per heavy atom. The molecule has 0 radical (unpaired) electrons. The fourth-order valence-electron chi connectivity index (χ4n) is 4.81. The van der Waals surface area contributed by atoms with E-state index in [-0.39, 0.29) is 11.9 Å². The smallest absolute Gasteiger partial charge is 0.253 e. The summed E-state index contributed by atoms with van der Waals surface area (Å²) in [5.74, 6) is -0.386. The Hall–Kier alpha value is -3.16. The van der Waals surface area contributed by atoms with Gasteiger partial charge in [-0.15, -0.1) is 0 Å². The van der Waals surface area contributed by atoms with E-state index in [1.165, 1.54) is 5.56 Å². The normalized spacial score (nSPS) is 14.6. The van der Waals surface area contributed by atoms with Crippen molar-refractivity contribution in [2.24, 2.45) is 5.73 Å². The van der Waals surface area contributed by atoms with Crippen LogP contribution in [0.3, 0.4) is 0 Å². The number of amides is 2. The van der Waals surface area contributed by atoms with E-state index in [1.54, 1.807) is 17.4 Å². The molecule has 184 valence electrons. The van der Waals surface area contributed by atoms with Gasteiger partial charge in [0.25, 0.3) is 5.91 Å². The van der Waals surface area contributed by atoms with E-state index >= 15 is 0 Å². The fourth-order valence-corrected chi connectivity index (χ4v) is 5.47. The predicted octanol–water partition coefficient (Wildman–Crippen LogP) is 5.13. The minimum Gasteiger partial charge on any atom is -0.366 e. The van der Waals surface area contributed by atoms with E-state index in [2.05, 4.69) is 26.6 Å². The standard InChI is InChI=1S/C28H34N4O2S/c1-3-31(4-2)28(34)22-8-10-24(11-9-22)32(26-7-5-6-23(18-26)27(29)33)25-12-15-30(16-13-25)19-21-14-17-35-20-21/h5-11,14,17-18,20,25H,3-4,12-13,15-16,19H2,1-2H3,(H2,29,33). The van der Waals surface area contributed by atoms with Crippen LogP contribution in [0.25, 0.3) is 0 Å². The molecule has 1 saturated heterocycles. The second-order valence-electron chi connectivity index (χ2n) is 8.95. The van der Waals surface area contributed by atoms with Crippen LogP contribution in [0.1, 0.15) is 53.0 Å². The molecule has 1 fully saturated rings. The van der Waals surface area contributed by atoms with Crippen molar-refractivity contribution in [3.05, 3.63) is 82.0 Å². The van der Waals surface area contributed by atoms with Gasteiger partial charge in [0.05, 0.1) is 0 Å². The monoisotopic (exact) mass is 490 g/mol. The summed E-state index contributed by atoms with van der Waals surface area (Å²) in [6, 6.07) is 17.9. The minimum atomic E-state index is -0.433. The van der Waals surface area contributed by atoms with Gasteiger partial charge in [-0.1, -0.05) is 6.07 Å². The summed E-state index contributed by atoms with van der Waals surface area (Å²) < 4.78 is 0. The first-order valence-corrected chi connectivity index (χ1v) is 13.3. The topological polar surface area (TPSA) is 69.9 Å². The third kappa shape index (κ3) is 5.92. The molecule has 0 atom stereocenters. The number of likely N-dealkylation sites (tertiary alicyclic amines) is 1. The number of benzene rings is 2. The molecule has 0 saturated carbocycles. The number of carbonyl (C=O) groups is 2. The molecule has 0 spiro atoms. The minimum absolute atomic E-state index is 0.0468. The highest BCUT2D eigenvalue weighted by atomic mass is 32.1. The summed E-state index contributed by atoms with van der Waals surface area (Å²) in [7, 11) is 0. The summed E-state index contributed by atoms with van der Waals surface area (Å²) >= 11 is 1.74. The number of nitrogens with two attached hydrogens (primary N) is 1. The number of hydrogen-bond donors (Lipinski definition) is 1. The van der Waals surface area contributed by atoms with Crippen LogP contribution in [0.5, 0.6) is 0 Å². The number of anilines is 2. The molecule has 35 heavy (non-hydrogen) atoms. The first kappa shape index (κ1) is 24.9. The van der Waals surface area contributed by atoms with Crippen LogP contribution in [0.15, 0.2) is 65.4 Å². The molecule has 1 aliphatic rings. The second-order valence-corrected chi connectivity index (χ2v) is 9.73. The lowest BCUT2D eigenvalue weighted by Crippen LogP contribution is -2.43. The van der Waals surface area contributed by atoms with Gasteiger partial charge in [-0.3, -0.25) is 14.5 Å². The summed E-state index contributed by atoms with van der Waals surface area (Å²) in [6.45, 7) is 8.35. The van der Waals surface area contributed by atoms with Gasteiger partial charge in [-0.25, -0.2) is 0 Å². The van der Waals surface area contributed by atoms with Crippen LogP contribution in [-0.4, -0.2) is 53.8 Å². The summed E-state index contributed by atoms with van der Waals surface area (Å²) in [5.41, 5.74) is 10.1. The van der Waals surface area contributed by atoms with Crippen molar-refractivity contribution in [3.8, 4) is 0 Å². The Balaban J connectivity index is 1.58. The molecule has 0 unspecified atom stereocenters. The molecule has 1 aromatic heterocycles. The molecule has 2 heterocycles. The third-order valence-electron chi connectivity index (χ3n) is 6.76. The second kappa shape index (κ2) is 11.5. The summed E-state index contributed by atoms with van der Waals surface area (Å²) in [4.78, 5) is 31.3.